The minimum absolute atomic E-state index is 0.557. The molecule has 90 valence electrons. The summed E-state index contributed by atoms with van der Waals surface area (Å²) in [4.78, 5) is 6.86. The summed E-state index contributed by atoms with van der Waals surface area (Å²) >= 11 is 6.03. The smallest absolute Gasteiger partial charge is 0.109 e. The summed E-state index contributed by atoms with van der Waals surface area (Å²) in [5.74, 6) is 2.65. The molecule has 1 saturated heterocycles. The van der Waals surface area contributed by atoms with Gasteiger partial charge in [0.25, 0.3) is 0 Å². The summed E-state index contributed by atoms with van der Waals surface area (Å²) in [7, 11) is 2.05. The Labute approximate surface area is 102 Å². The molecule has 1 aliphatic rings. The first-order chi connectivity index (χ1) is 7.72. The number of nitrogens with zero attached hydrogens (tertiary/aromatic N) is 3. The molecule has 1 fully saturated rings. The van der Waals surface area contributed by atoms with E-state index in [1.54, 1.807) is 0 Å². The molecule has 0 bridgehead atoms. The van der Waals surface area contributed by atoms with E-state index in [0.717, 1.165) is 30.6 Å². The molecule has 1 aromatic heterocycles. The number of aryl methyl sites for hydroxylation is 1. The number of hydrogen-bond donors (Lipinski definition) is 0. The van der Waals surface area contributed by atoms with Crippen LogP contribution in [0.15, 0.2) is 12.4 Å². The van der Waals surface area contributed by atoms with Gasteiger partial charge in [-0.15, -0.1) is 11.6 Å². The van der Waals surface area contributed by atoms with E-state index in [1.165, 1.54) is 13.0 Å². The van der Waals surface area contributed by atoms with E-state index in [0.29, 0.717) is 6.04 Å². The zero-order valence-electron chi connectivity index (χ0n) is 10.1. The fraction of sp³-hybridized carbons (Fsp3) is 0.750. The Bertz CT molecular complexity index is 337. The third-order valence-electron chi connectivity index (χ3n) is 3.70. The lowest BCUT2D eigenvalue weighted by molar-refractivity contribution is 0.251. The SMILES string of the molecule is CC1CCN(CCc2nccn2C)C1CCl. The molecule has 16 heavy (non-hydrogen) atoms. The molecule has 0 saturated carbocycles. The van der Waals surface area contributed by atoms with Gasteiger partial charge in [-0.25, -0.2) is 4.98 Å². The Morgan fingerprint density at radius 2 is 2.38 bits per heavy atom. The summed E-state index contributed by atoms with van der Waals surface area (Å²) in [6.07, 6.45) is 6.16. The highest BCUT2D eigenvalue weighted by molar-refractivity contribution is 6.18. The van der Waals surface area contributed by atoms with Gasteiger partial charge in [0.15, 0.2) is 0 Å². The van der Waals surface area contributed by atoms with Crippen LogP contribution in [0.5, 0.6) is 0 Å². The lowest BCUT2D eigenvalue weighted by Gasteiger charge is -2.24. The van der Waals surface area contributed by atoms with Crippen LogP contribution in [0, 0.1) is 5.92 Å². The molecule has 0 radical (unpaired) electrons. The number of imidazole rings is 1. The summed E-state index contributed by atoms with van der Waals surface area (Å²) in [6, 6.07) is 0.557. The third-order valence-corrected chi connectivity index (χ3v) is 4.02. The molecule has 0 spiro atoms. The Hall–Kier alpha value is -0.540. The number of halogens is 1. The molecule has 1 aromatic rings. The minimum atomic E-state index is 0.557. The highest BCUT2D eigenvalue weighted by Gasteiger charge is 2.29. The van der Waals surface area contributed by atoms with Gasteiger partial charge in [0.2, 0.25) is 0 Å². The molecule has 4 heteroatoms. The topological polar surface area (TPSA) is 21.1 Å². The van der Waals surface area contributed by atoms with E-state index in [9.17, 15) is 0 Å². The van der Waals surface area contributed by atoms with Crippen LogP contribution in [-0.4, -0.2) is 39.5 Å². The molecule has 0 N–H and O–H groups in total. The molecule has 0 amide bonds. The van der Waals surface area contributed by atoms with Crippen molar-refractivity contribution in [2.75, 3.05) is 19.0 Å². The van der Waals surface area contributed by atoms with Gasteiger partial charge in [-0.1, -0.05) is 6.92 Å². The summed E-state index contributed by atoms with van der Waals surface area (Å²) in [6.45, 7) is 4.56. The van der Waals surface area contributed by atoms with Crippen molar-refractivity contribution in [3.8, 4) is 0 Å². The molecule has 0 aromatic carbocycles. The Morgan fingerprint density at radius 3 is 3.00 bits per heavy atom. The summed E-state index contributed by atoms with van der Waals surface area (Å²) in [5.41, 5.74) is 0. The normalized spacial score (nSPS) is 26.4. The molecular weight excluding hydrogens is 222 g/mol. The molecule has 2 unspecified atom stereocenters. The Morgan fingerprint density at radius 1 is 1.56 bits per heavy atom. The minimum Gasteiger partial charge on any atom is -0.338 e. The standard InChI is InChI=1S/C12H20ClN3/c1-10-3-6-16(11(10)9-13)7-4-12-14-5-8-15(12)2/h5,8,10-11H,3-4,6-7,9H2,1-2H3. The summed E-state index contributed by atoms with van der Waals surface area (Å²) < 4.78 is 2.09. The van der Waals surface area contributed by atoms with Crippen molar-refractivity contribution in [1.82, 2.24) is 14.5 Å². The first-order valence-electron chi connectivity index (χ1n) is 5.98. The lowest BCUT2D eigenvalue weighted by Crippen LogP contribution is -2.35. The number of alkyl halides is 1. The lowest BCUT2D eigenvalue weighted by atomic mass is 10.1. The molecular formula is C12H20ClN3. The van der Waals surface area contributed by atoms with Crippen LogP contribution in [0.3, 0.4) is 0 Å². The van der Waals surface area contributed by atoms with E-state index in [4.69, 9.17) is 11.6 Å². The number of aromatic nitrogens is 2. The number of rotatable bonds is 4. The number of hydrogen-bond acceptors (Lipinski definition) is 2. The van der Waals surface area contributed by atoms with Crippen LogP contribution < -0.4 is 0 Å². The fourth-order valence-corrected chi connectivity index (χ4v) is 3.00. The van der Waals surface area contributed by atoms with Gasteiger partial charge >= 0.3 is 0 Å². The average Bonchev–Trinajstić information content (AvgIpc) is 2.82. The van der Waals surface area contributed by atoms with Crippen LogP contribution in [0.1, 0.15) is 19.2 Å². The van der Waals surface area contributed by atoms with Crippen molar-refractivity contribution in [3.63, 3.8) is 0 Å². The van der Waals surface area contributed by atoms with Crippen LogP contribution in [0.4, 0.5) is 0 Å². The predicted octanol–water partition coefficient (Wildman–Crippen LogP) is 1.91. The third kappa shape index (κ3) is 2.41. The quantitative estimate of drug-likeness (QED) is 0.751. The van der Waals surface area contributed by atoms with Crippen LogP contribution in [0.25, 0.3) is 0 Å². The molecule has 3 nitrogen and oxygen atoms in total. The largest absolute Gasteiger partial charge is 0.338 e. The molecule has 0 aliphatic carbocycles. The second-order valence-electron chi connectivity index (χ2n) is 4.73. The van der Waals surface area contributed by atoms with Gasteiger partial charge in [-0.05, 0) is 18.9 Å². The monoisotopic (exact) mass is 241 g/mol. The van der Waals surface area contributed by atoms with Crippen LogP contribution >= 0.6 is 11.6 Å². The van der Waals surface area contributed by atoms with Crippen molar-refractivity contribution in [2.24, 2.45) is 13.0 Å². The highest BCUT2D eigenvalue weighted by Crippen LogP contribution is 2.24. The van der Waals surface area contributed by atoms with E-state index < -0.39 is 0 Å². The molecule has 2 heterocycles. The van der Waals surface area contributed by atoms with Crippen LogP contribution in [0.2, 0.25) is 0 Å². The van der Waals surface area contributed by atoms with E-state index in [1.807, 2.05) is 19.4 Å². The van der Waals surface area contributed by atoms with Gasteiger partial charge in [0.1, 0.15) is 5.82 Å². The maximum atomic E-state index is 6.03. The van der Waals surface area contributed by atoms with Crippen LogP contribution in [-0.2, 0) is 13.5 Å². The van der Waals surface area contributed by atoms with E-state index in [2.05, 4.69) is 21.4 Å². The predicted molar refractivity (Wildman–Crippen MR) is 66.8 cm³/mol. The van der Waals surface area contributed by atoms with E-state index in [-0.39, 0.29) is 0 Å². The molecule has 2 atom stereocenters. The zero-order chi connectivity index (χ0) is 11.5. The van der Waals surface area contributed by atoms with Crippen molar-refractivity contribution in [3.05, 3.63) is 18.2 Å². The second-order valence-corrected chi connectivity index (χ2v) is 5.04. The maximum Gasteiger partial charge on any atom is 0.109 e. The first-order valence-corrected chi connectivity index (χ1v) is 6.52. The number of likely N-dealkylation sites (tertiary alicyclic amines) is 1. The van der Waals surface area contributed by atoms with Crippen molar-refractivity contribution in [2.45, 2.75) is 25.8 Å². The summed E-state index contributed by atoms with van der Waals surface area (Å²) in [5, 5.41) is 0. The maximum absolute atomic E-state index is 6.03. The average molecular weight is 242 g/mol. The molecule has 2 rings (SSSR count). The molecule has 1 aliphatic heterocycles. The van der Waals surface area contributed by atoms with Gasteiger partial charge in [0, 0.05) is 44.3 Å². The highest BCUT2D eigenvalue weighted by atomic mass is 35.5. The van der Waals surface area contributed by atoms with Crippen molar-refractivity contribution < 1.29 is 0 Å². The van der Waals surface area contributed by atoms with E-state index >= 15 is 0 Å². The first kappa shape index (κ1) is 11.9. The van der Waals surface area contributed by atoms with Crippen molar-refractivity contribution in [1.29, 1.82) is 0 Å². The van der Waals surface area contributed by atoms with Gasteiger partial charge in [-0.2, -0.15) is 0 Å². The Kier molecular flexibility index (Phi) is 3.87. The van der Waals surface area contributed by atoms with Crippen molar-refractivity contribution >= 4 is 11.6 Å². The fourth-order valence-electron chi connectivity index (χ4n) is 2.50. The second kappa shape index (κ2) is 5.19. The van der Waals surface area contributed by atoms with Gasteiger partial charge in [-0.3, -0.25) is 4.90 Å². The zero-order valence-corrected chi connectivity index (χ0v) is 10.8. The van der Waals surface area contributed by atoms with Gasteiger partial charge < -0.3 is 4.57 Å². The Balaban J connectivity index is 1.89. The van der Waals surface area contributed by atoms with Gasteiger partial charge in [0.05, 0.1) is 0 Å².